The molecule has 2 atom stereocenters. The number of carbonyl (C=O) groups is 4. The van der Waals surface area contributed by atoms with Crippen molar-refractivity contribution in [2.24, 2.45) is 5.92 Å². The molecule has 0 spiro atoms. The van der Waals surface area contributed by atoms with E-state index in [1.165, 1.54) is 0 Å². The number of aromatic nitrogens is 1. The molecule has 0 aliphatic carbocycles. The number of carboxylic acid groups (broad SMARTS) is 1. The molecule has 39 heavy (non-hydrogen) atoms. The van der Waals surface area contributed by atoms with E-state index in [1.54, 1.807) is 39.0 Å². The van der Waals surface area contributed by atoms with Gasteiger partial charge < -0.3 is 25.5 Å². The van der Waals surface area contributed by atoms with Gasteiger partial charge in [0.1, 0.15) is 24.4 Å². The summed E-state index contributed by atoms with van der Waals surface area (Å²) in [5.74, 6) is -13.6. The summed E-state index contributed by atoms with van der Waals surface area (Å²) in [6, 6.07) is 4.13. The van der Waals surface area contributed by atoms with Gasteiger partial charge in [0.25, 0.3) is 5.91 Å². The summed E-state index contributed by atoms with van der Waals surface area (Å²) in [4.78, 5) is 53.0. The fraction of sp³-hybridized carbons (Fsp3) is 0.308. The number of fused-ring (bicyclic) bond motifs is 1. The first-order chi connectivity index (χ1) is 18.3. The number of hydrogen-bond acceptors (Lipinski definition) is 5. The molecule has 9 nitrogen and oxygen atoms in total. The van der Waals surface area contributed by atoms with Gasteiger partial charge in [-0.1, -0.05) is 32.0 Å². The lowest BCUT2D eigenvalue weighted by atomic mass is 10.0. The topological polar surface area (TPSA) is 138 Å². The zero-order chi connectivity index (χ0) is 29.0. The molecule has 3 rings (SSSR count). The van der Waals surface area contributed by atoms with Crippen molar-refractivity contribution in [1.82, 2.24) is 15.6 Å². The maximum absolute atomic E-state index is 13.8. The third-order valence-corrected chi connectivity index (χ3v) is 5.94. The molecule has 0 bridgehead atoms. The lowest BCUT2D eigenvalue weighted by Gasteiger charge is -2.24. The van der Waals surface area contributed by atoms with Crippen LogP contribution in [0.4, 0.5) is 17.6 Å². The largest absolute Gasteiger partial charge is 0.481 e. The Kier molecular flexibility index (Phi) is 8.94. The highest BCUT2D eigenvalue weighted by Crippen LogP contribution is 2.26. The summed E-state index contributed by atoms with van der Waals surface area (Å²) in [6.45, 7) is 3.70. The van der Waals surface area contributed by atoms with Crippen LogP contribution < -0.4 is 15.4 Å². The number of halogens is 4. The van der Waals surface area contributed by atoms with E-state index in [0.29, 0.717) is 11.1 Å². The van der Waals surface area contributed by atoms with Crippen LogP contribution in [0, 0.1) is 36.1 Å². The molecule has 0 saturated carbocycles. The van der Waals surface area contributed by atoms with Crippen molar-refractivity contribution in [3.63, 3.8) is 0 Å². The number of nitrogens with one attached hydrogen (secondary N) is 3. The Morgan fingerprint density at radius 1 is 1.00 bits per heavy atom. The first kappa shape index (κ1) is 29.1. The molecule has 0 saturated heterocycles. The third-order valence-electron chi connectivity index (χ3n) is 5.94. The number of aromatic amines is 1. The number of H-pyrrole nitrogens is 1. The SMILES string of the molecule is Cc1c(C(=O)N[C@H](C(=O)NC(CC(=O)O)C(=O)COc2c(F)c(F)cc(F)c2F)C(C)C)[nH]c2ccccc12. The number of ketones is 1. The monoisotopic (exact) mass is 551 g/mol. The quantitative estimate of drug-likeness (QED) is 0.213. The van der Waals surface area contributed by atoms with Crippen LogP contribution in [0.3, 0.4) is 0 Å². The second kappa shape index (κ2) is 12.0. The molecule has 13 heteroatoms. The number of benzene rings is 2. The smallest absolute Gasteiger partial charge is 0.305 e. The minimum Gasteiger partial charge on any atom is -0.481 e. The van der Waals surface area contributed by atoms with Crippen molar-refractivity contribution in [2.45, 2.75) is 39.3 Å². The zero-order valence-electron chi connectivity index (χ0n) is 21.0. The fourth-order valence-corrected chi connectivity index (χ4v) is 3.86. The molecule has 1 aromatic heterocycles. The van der Waals surface area contributed by atoms with Crippen LogP contribution in [0.1, 0.15) is 36.3 Å². The zero-order valence-corrected chi connectivity index (χ0v) is 21.0. The predicted octanol–water partition coefficient (Wildman–Crippen LogP) is 3.39. The minimum atomic E-state index is -1.89. The van der Waals surface area contributed by atoms with Gasteiger partial charge in [-0.25, -0.2) is 8.78 Å². The number of para-hydroxylation sites is 1. The van der Waals surface area contributed by atoms with E-state index in [9.17, 15) is 41.8 Å². The highest BCUT2D eigenvalue weighted by Gasteiger charge is 2.32. The fourth-order valence-electron chi connectivity index (χ4n) is 3.86. The van der Waals surface area contributed by atoms with E-state index < -0.39 is 83.6 Å². The Balaban J connectivity index is 1.76. The van der Waals surface area contributed by atoms with Crippen molar-refractivity contribution in [2.75, 3.05) is 6.61 Å². The van der Waals surface area contributed by atoms with Crippen LogP contribution >= 0.6 is 0 Å². The highest BCUT2D eigenvalue weighted by molar-refractivity contribution is 6.03. The number of aliphatic carboxylic acids is 1. The summed E-state index contributed by atoms with van der Waals surface area (Å²) in [5.41, 5.74) is 1.53. The summed E-state index contributed by atoms with van der Waals surface area (Å²) in [6.07, 6.45) is -0.948. The maximum atomic E-state index is 13.8. The van der Waals surface area contributed by atoms with Crippen LogP contribution in [-0.4, -0.2) is 52.3 Å². The Hall–Kier alpha value is -4.42. The molecule has 3 aromatic rings. The molecule has 0 aliphatic rings. The Morgan fingerprint density at radius 3 is 2.18 bits per heavy atom. The molecular weight excluding hydrogens is 526 g/mol. The summed E-state index contributed by atoms with van der Waals surface area (Å²) >= 11 is 0. The van der Waals surface area contributed by atoms with Gasteiger partial charge in [0.2, 0.25) is 17.5 Å². The molecule has 4 N–H and O–H groups in total. The van der Waals surface area contributed by atoms with Crippen LogP contribution in [0.5, 0.6) is 5.75 Å². The number of carboxylic acids is 1. The van der Waals surface area contributed by atoms with Gasteiger partial charge in [0, 0.05) is 17.0 Å². The molecule has 2 aromatic carbocycles. The van der Waals surface area contributed by atoms with E-state index in [0.717, 1.165) is 5.39 Å². The molecular formula is C26H25F4N3O6. The normalized spacial score (nSPS) is 12.7. The number of hydrogen-bond donors (Lipinski definition) is 4. The number of rotatable bonds is 11. The Morgan fingerprint density at radius 2 is 1.62 bits per heavy atom. The summed E-state index contributed by atoms with van der Waals surface area (Å²) < 4.78 is 59.1. The first-order valence-electron chi connectivity index (χ1n) is 11.7. The molecule has 0 fully saturated rings. The van der Waals surface area contributed by atoms with E-state index in [4.69, 9.17) is 0 Å². The van der Waals surface area contributed by atoms with Gasteiger partial charge in [-0.05, 0) is 24.5 Å². The average molecular weight is 551 g/mol. The summed E-state index contributed by atoms with van der Waals surface area (Å²) in [7, 11) is 0. The molecule has 1 unspecified atom stereocenters. The van der Waals surface area contributed by atoms with Gasteiger partial charge in [-0.3, -0.25) is 19.2 Å². The van der Waals surface area contributed by atoms with Gasteiger partial charge in [0.05, 0.1) is 6.42 Å². The van der Waals surface area contributed by atoms with Gasteiger partial charge >= 0.3 is 5.97 Å². The molecule has 0 aliphatic heterocycles. The second-order valence-corrected chi connectivity index (χ2v) is 9.08. The Labute approximate surface area is 219 Å². The molecule has 2 amide bonds. The van der Waals surface area contributed by atoms with Crippen molar-refractivity contribution >= 4 is 34.5 Å². The molecule has 0 radical (unpaired) electrons. The van der Waals surface area contributed by atoms with Crippen molar-refractivity contribution < 1.29 is 46.6 Å². The number of ether oxygens (including phenoxy) is 1. The predicted molar refractivity (Wildman–Crippen MR) is 130 cm³/mol. The number of amides is 2. The van der Waals surface area contributed by atoms with E-state index in [2.05, 4.69) is 20.4 Å². The lowest BCUT2D eigenvalue weighted by molar-refractivity contribution is -0.140. The van der Waals surface area contributed by atoms with Crippen molar-refractivity contribution in [1.29, 1.82) is 0 Å². The van der Waals surface area contributed by atoms with Gasteiger partial charge in [-0.15, -0.1) is 0 Å². The lowest BCUT2D eigenvalue weighted by Crippen LogP contribution is -2.54. The number of aryl methyl sites for hydroxylation is 1. The number of carbonyl (C=O) groups excluding carboxylic acids is 3. The Bertz CT molecular complexity index is 1410. The summed E-state index contributed by atoms with van der Waals surface area (Å²) in [5, 5.41) is 14.8. The number of Topliss-reactive ketones (excluding diaryl/α,β-unsaturated/α-hetero) is 1. The standard InChI is InChI=1S/C26H25F4N3O6/c1-11(2)22(33-26(38)23-12(3)13-6-4-5-7-16(13)31-23)25(37)32-17(9-19(35)36)18(34)10-39-24-20(29)14(27)8-15(28)21(24)30/h4-8,11,17,22,31H,9-10H2,1-3H3,(H,32,37)(H,33,38)(H,35,36)/t17?,22-/m0/s1. The van der Waals surface area contributed by atoms with Crippen LogP contribution in [-0.2, 0) is 14.4 Å². The van der Waals surface area contributed by atoms with Gasteiger partial charge in [0.15, 0.2) is 23.2 Å². The van der Waals surface area contributed by atoms with E-state index in [1.807, 2.05) is 6.07 Å². The van der Waals surface area contributed by atoms with E-state index in [-0.39, 0.29) is 11.8 Å². The average Bonchev–Trinajstić information content (AvgIpc) is 3.21. The highest BCUT2D eigenvalue weighted by atomic mass is 19.2. The first-order valence-corrected chi connectivity index (χ1v) is 11.7. The van der Waals surface area contributed by atoms with E-state index >= 15 is 0 Å². The third kappa shape index (κ3) is 6.54. The molecule has 208 valence electrons. The van der Waals surface area contributed by atoms with Crippen molar-refractivity contribution in [3.8, 4) is 5.75 Å². The van der Waals surface area contributed by atoms with Crippen LogP contribution in [0.15, 0.2) is 30.3 Å². The van der Waals surface area contributed by atoms with Crippen LogP contribution in [0.2, 0.25) is 0 Å². The van der Waals surface area contributed by atoms with Gasteiger partial charge in [-0.2, -0.15) is 8.78 Å². The maximum Gasteiger partial charge on any atom is 0.305 e. The van der Waals surface area contributed by atoms with Crippen molar-refractivity contribution in [3.05, 3.63) is 64.9 Å². The van der Waals surface area contributed by atoms with Crippen LogP contribution in [0.25, 0.3) is 10.9 Å². The molecule has 1 heterocycles. The minimum absolute atomic E-state index is 0.0511. The second-order valence-electron chi connectivity index (χ2n) is 9.08.